The predicted octanol–water partition coefficient (Wildman–Crippen LogP) is 4.23. The number of nitrogens with one attached hydrogen (secondary N) is 1. The second-order valence-electron chi connectivity index (χ2n) is 4.50. The van der Waals surface area contributed by atoms with Crippen molar-refractivity contribution in [3.8, 4) is 11.5 Å². The maximum absolute atomic E-state index is 5.31. The summed E-state index contributed by atoms with van der Waals surface area (Å²) in [5.74, 6) is 1.51. The number of hydrogen-bond donors (Lipinski definition) is 1. The maximum Gasteiger partial charge on any atom is 0.161 e. The first-order valence-electron chi connectivity index (χ1n) is 6.35. The standard InChI is InChI=1S/C16H18INO2/c1-11-8-13(17)5-6-14(11)18-10-12-4-7-15(19-2)16(9-12)20-3/h4-9,18H,10H2,1-3H3. The second kappa shape index (κ2) is 6.83. The molecule has 3 nitrogen and oxygen atoms in total. The summed E-state index contributed by atoms with van der Waals surface area (Å²) in [5, 5.41) is 3.45. The number of benzene rings is 2. The zero-order chi connectivity index (χ0) is 14.5. The van der Waals surface area contributed by atoms with E-state index in [0.29, 0.717) is 0 Å². The second-order valence-corrected chi connectivity index (χ2v) is 5.75. The molecule has 0 amide bonds. The zero-order valence-corrected chi connectivity index (χ0v) is 14.0. The van der Waals surface area contributed by atoms with Crippen LogP contribution in [0, 0.1) is 10.5 Å². The van der Waals surface area contributed by atoms with Crippen LogP contribution in [0.4, 0.5) is 5.69 Å². The first kappa shape index (κ1) is 15.0. The lowest BCUT2D eigenvalue weighted by Crippen LogP contribution is -2.02. The van der Waals surface area contributed by atoms with Gasteiger partial charge < -0.3 is 14.8 Å². The van der Waals surface area contributed by atoms with Crippen molar-refractivity contribution in [1.29, 1.82) is 0 Å². The summed E-state index contributed by atoms with van der Waals surface area (Å²) >= 11 is 2.32. The van der Waals surface area contributed by atoms with E-state index in [9.17, 15) is 0 Å². The molecule has 2 aromatic carbocycles. The highest BCUT2D eigenvalue weighted by atomic mass is 127. The largest absolute Gasteiger partial charge is 0.493 e. The van der Waals surface area contributed by atoms with Crippen LogP contribution in [0.1, 0.15) is 11.1 Å². The van der Waals surface area contributed by atoms with E-state index >= 15 is 0 Å². The molecule has 0 aliphatic rings. The van der Waals surface area contributed by atoms with Gasteiger partial charge in [-0.15, -0.1) is 0 Å². The number of rotatable bonds is 5. The van der Waals surface area contributed by atoms with Gasteiger partial charge >= 0.3 is 0 Å². The molecule has 20 heavy (non-hydrogen) atoms. The molecule has 0 atom stereocenters. The van der Waals surface area contributed by atoms with Gasteiger partial charge in [-0.25, -0.2) is 0 Å². The predicted molar refractivity (Wildman–Crippen MR) is 90.8 cm³/mol. The molecule has 0 radical (unpaired) electrons. The molecular formula is C16H18INO2. The third kappa shape index (κ3) is 3.56. The Bertz CT molecular complexity index is 599. The Morgan fingerprint density at radius 1 is 1.00 bits per heavy atom. The first-order chi connectivity index (χ1) is 9.63. The maximum atomic E-state index is 5.31. The van der Waals surface area contributed by atoms with Crippen LogP contribution in [0.25, 0.3) is 0 Å². The summed E-state index contributed by atoms with van der Waals surface area (Å²) in [5.41, 5.74) is 3.55. The Morgan fingerprint density at radius 2 is 1.75 bits per heavy atom. The van der Waals surface area contributed by atoms with Crippen LogP contribution >= 0.6 is 22.6 Å². The van der Waals surface area contributed by atoms with Crippen LogP contribution in [-0.4, -0.2) is 14.2 Å². The smallest absolute Gasteiger partial charge is 0.161 e. The van der Waals surface area contributed by atoms with Crippen LogP contribution in [-0.2, 0) is 6.54 Å². The van der Waals surface area contributed by atoms with E-state index in [1.807, 2.05) is 18.2 Å². The van der Waals surface area contributed by atoms with E-state index in [4.69, 9.17) is 9.47 Å². The van der Waals surface area contributed by atoms with Crippen LogP contribution < -0.4 is 14.8 Å². The number of methoxy groups -OCH3 is 2. The van der Waals surface area contributed by atoms with Crippen LogP contribution in [0.3, 0.4) is 0 Å². The molecule has 2 rings (SSSR count). The van der Waals surface area contributed by atoms with E-state index < -0.39 is 0 Å². The monoisotopic (exact) mass is 383 g/mol. The highest BCUT2D eigenvalue weighted by Gasteiger charge is 2.05. The molecule has 4 heteroatoms. The summed E-state index contributed by atoms with van der Waals surface area (Å²) < 4.78 is 11.8. The lowest BCUT2D eigenvalue weighted by Gasteiger charge is -2.12. The van der Waals surface area contributed by atoms with Gasteiger partial charge in [0.25, 0.3) is 0 Å². The molecule has 0 spiro atoms. The van der Waals surface area contributed by atoms with E-state index in [-0.39, 0.29) is 0 Å². The minimum absolute atomic E-state index is 0.752. The van der Waals surface area contributed by atoms with E-state index in [0.717, 1.165) is 29.3 Å². The molecule has 0 saturated carbocycles. The molecule has 1 N–H and O–H groups in total. The summed E-state index contributed by atoms with van der Waals surface area (Å²) in [6.07, 6.45) is 0. The Hall–Kier alpha value is -1.43. The lowest BCUT2D eigenvalue weighted by molar-refractivity contribution is 0.354. The van der Waals surface area contributed by atoms with Gasteiger partial charge in [-0.05, 0) is 71.0 Å². The lowest BCUT2D eigenvalue weighted by atomic mass is 10.1. The van der Waals surface area contributed by atoms with Crippen LogP contribution in [0.5, 0.6) is 11.5 Å². The third-order valence-corrected chi connectivity index (χ3v) is 3.79. The van der Waals surface area contributed by atoms with Gasteiger partial charge in [0.05, 0.1) is 14.2 Å². The molecule has 106 valence electrons. The number of anilines is 1. The molecule has 2 aromatic rings. The van der Waals surface area contributed by atoms with Gasteiger partial charge in [-0.3, -0.25) is 0 Å². The van der Waals surface area contributed by atoms with Gasteiger partial charge in [0.1, 0.15) is 0 Å². The normalized spacial score (nSPS) is 10.2. The van der Waals surface area contributed by atoms with Crippen molar-refractivity contribution in [2.75, 3.05) is 19.5 Å². The number of aryl methyl sites for hydroxylation is 1. The topological polar surface area (TPSA) is 30.5 Å². The van der Waals surface area contributed by atoms with E-state index in [1.54, 1.807) is 14.2 Å². The number of halogens is 1. The zero-order valence-electron chi connectivity index (χ0n) is 11.9. The first-order valence-corrected chi connectivity index (χ1v) is 7.43. The van der Waals surface area contributed by atoms with E-state index in [2.05, 4.69) is 53.0 Å². The fourth-order valence-corrected chi connectivity index (χ4v) is 2.66. The number of hydrogen-bond acceptors (Lipinski definition) is 3. The van der Waals surface area contributed by atoms with Crippen molar-refractivity contribution in [3.63, 3.8) is 0 Å². The SMILES string of the molecule is COc1ccc(CNc2ccc(I)cc2C)cc1OC. The molecule has 0 bridgehead atoms. The Morgan fingerprint density at radius 3 is 2.40 bits per heavy atom. The van der Waals surface area contributed by atoms with Crippen molar-refractivity contribution >= 4 is 28.3 Å². The Kier molecular flexibility index (Phi) is 5.11. The van der Waals surface area contributed by atoms with Gasteiger partial charge in [0.15, 0.2) is 11.5 Å². The quantitative estimate of drug-likeness (QED) is 0.784. The van der Waals surface area contributed by atoms with Crippen molar-refractivity contribution in [2.24, 2.45) is 0 Å². The highest BCUT2D eigenvalue weighted by molar-refractivity contribution is 14.1. The van der Waals surface area contributed by atoms with Crippen molar-refractivity contribution in [2.45, 2.75) is 13.5 Å². The van der Waals surface area contributed by atoms with E-state index in [1.165, 1.54) is 9.13 Å². The van der Waals surface area contributed by atoms with Crippen LogP contribution in [0.15, 0.2) is 36.4 Å². The molecule has 0 heterocycles. The molecular weight excluding hydrogens is 365 g/mol. The third-order valence-electron chi connectivity index (χ3n) is 3.12. The molecule has 0 fully saturated rings. The molecule has 0 aliphatic carbocycles. The molecule has 0 aromatic heterocycles. The average Bonchev–Trinajstić information content (AvgIpc) is 2.46. The Labute approximate surface area is 133 Å². The van der Waals surface area contributed by atoms with Gasteiger partial charge in [0.2, 0.25) is 0 Å². The highest BCUT2D eigenvalue weighted by Crippen LogP contribution is 2.28. The van der Waals surface area contributed by atoms with Crippen LogP contribution in [0.2, 0.25) is 0 Å². The molecule has 0 aliphatic heterocycles. The molecule has 0 saturated heterocycles. The summed E-state index contributed by atoms with van der Waals surface area (Å²) in [6, 6.07) is 12.3. The summed E-state index contributed by atoms with van der Waals surface area (Å²) in [4.78, 5) is 0. The minimum atomic E-state index is 0.752. The average molecular weight is 383 g/mol. The van der Waals surface area contributed by atoms with Gasteiger partial charge in [-0.2, -0.15) is 0 Å². The minimum Gasteiger partial charge on any atom is -0.493 e. The fourth-order valence-electron chi connectivity index (χ4n) is 2.01. The van der Waals surface area contributed by atoms with Gasteiger partial charge in [0, 0.05) is 15.8 Å². The summed E-state index contributed by atoms with van der Waals surface area (Å²) in [6.45, 7) is 2.86. The van der Waals surface area contributed by atoms with Crippen molar-refractivity contribution < 1.29 is 9.47 Å². The van der Waals surface area contributed by atoms with Crippen molar-refractivity contribution in [1.82, 2.24) is 0 Å². The summed E-state index contributed by atoms with van der Waals surface area (Å²) in [7, 11) is 3.29. The number of ether oxygens (including phenoxy) is 2. The fraction of sp³-hybridized carbons (Fsp3) is 0.250. The Balaban J connectivity index is 2.10. The molecule has 0 unspecified atom stereocenters. The van der Waals surface area contributed by atoms with Crippen molar-refractivity contribution in [3.05, 3.63) is 51.1 Å². The van der Waals surface area contributed by atoms with Gasteiger partial charge in [-0.1, -0.05) is 6.07 Å².